The summed E-state index contributed by atoms with van der Waals surface area (Å²) < 4.78 is 6.40. The largest absolute Gasteiger partial charge is 0.373 e. The van der Waals surface area contributed by atoms with Gasteiger partial charge in [0.1, 0.15) is 5.78 Å². The molecule has 0 heterocycles. The highest BCUT2D eigenvalue weighted by molar-refractivity contribution is 5.92. The molecule has 3 saturated carbocycles. The maximum Gasteiger partial charge on any atom is 0.144 e. The molecule has 0 aromatic rings. The van der Waals surface area contributed by atoms with Crippen molar-refractivity contribution >= 4 is 5.78 Å². The van der Waals surface area contributed by atoms with Crippen LogP contribution in [0.5, 0.6) is 0 Å². The summed E-state index contributed by atoms with van der Waals surface area (Å²) in [7, 11) is 0. The molecule has 0 N–H and O–H groups in total. The van der Waals surface area contributed by atoms with Gasteiger partial charge in [-0.1, -0.05) is 45.4 Å². The third-order valence-corrected chi connectivity index (χ3v) is 5.78. The van der Waals surface area contributed by atoms with Crippen LogP contribution in [0.4, 0.5) is 0 Å². The summed E-state index contributed by atoms with van der Waals surface area (Å²) in [5.74, 6) is 1.31. The van der Waals surface area contributed by atoms with Gasteiger partial charge in [-0.15, -0.1) is 0 Å². The molecule has 0 aromatic carbocycles. The first kappa shape index (κ1) is 13.6. The SMILES string of the molecule is CC1CCCC(OC2CC(=O)C23CCCCCC3)C1. The summed E-state index contributed by atoms with van der Waals surface area (Å²) >= 11 is 0. The molecule has 2 nitrogen and oxygen atoms in total. The zero-order valence-electron chi connectivity index (χ0n) is 12.3. The maximum absolute atomic E-state index is 12.2. The average molecular weight is 264 g/mol. The topological polar surface area (TPSA) is 26.3 Å². The molecule has 3 fully saturated rings. The van der Waals surface area contributed by atoms with Gasteiger partial charge in [-0.2, -0.15) is 0 Å². The number of hydrogen-bond acceptors (Lipinski definition) is 2. The van der Waals surface area contributed by atoms with Crippen molar-refractivity contribution in [3.05, 3.63) is 0 Å². The molecule has 1 spiro atoms. The van der Waals surface area contributed by atoms with Crippen molar-refractivity contribution in [3.63, 3.8) is 0 Å². The van der Waals surface area contributed by atoms with Gasteiger partial charge in [0.2, 0.25) is 0 Å². The Morgan fingerprint density at radius 1 is 1.05 bits per heavy atom. The smallest absolute Gasteiger partial charge is 0.144 e. The van der Waals surface area contributed by atoms with Gasteiger partial charge in [0.05, 0.1) is 17.6 Å². The highest BCUT2D eigenvalue weighted by atomic mass is 16.5. The molecule has 108 valence electrons. The number of Topliss-reactive ketones (excluding diaryl/α,β-unsaturated/α-hetero) is 1. The van der Waals surface area contributed by atoms with Crippen LogP contribution in [-0.4, -0.2) is 18.0 Å². The lowest BCUT2D eigenvalue weighted by molar-refractivity contribution is -0.178. The van der Waals surface area contributed by atoms with Gasteiger partial charge in [0, 0.05) is 6.42 Å². The number of ether oxygens (including phenoxy) is 1. The Morgan fingerprint density at radius 3 is 2.42 bits per heavy atom. The first-order valence-corrected chi connectivity index (χ1v) is 8.39. The highest BCUT2D eigenvalue weighted by Gasteiger charge is 2.55. The van der Waals surface area contributed by atoms with E-state index in [2.05, 4.69) is 6.92 Å². The van der Waals surface area contributed by atoms with Crippen molar-refractivity contribution in [2.75, 3.05) is 0 Å². The second-order valence-corrected chi connectivity index (χ2v) is 7.22. The molecule has 3 aliphatic rings. The minimum absolute atomic E-state index is 0.0583. The second kappa shape index (κ2) is 5.55. The lowest BCUT2D eigenvalue weighted by Crippen LogP contribution is -2.56. The number of hydrogen-bond donors (Lipinski definition) is 0. The van der Waals surface area contributed by atoms with Crippen molar-refractivity contribution in [3.8, 4) is 0 Å². The zero-order valence-corrected chi connectivity index (χ0v) is 12.3. The molecule has 0 aromatic heterocycles. The van der Waals surface area contributed by atoms with E-state index in [0.29, 0.717) is 18.3 Å². The number of rotatable bonds is 2. The molecule has 2 heteroatoms. The van der Waals surface area contributed by atoms with E-state index in [1.54, 1.807) is 0 Å². The Morgan fingerprint density at radius 2 is 1.79 bits per heavy atom. The van der Waals surface area contributed by atoms with Crippen molar-refractivity contribution in [1.29, 1.82) is 0 Å². The zero-order chi connectivity index (χ0) is 13.3. The minimum atomic E-state index is -0.0583. The quantitative estimate of drug-likeness (QED) is 0.744. The van der Waals surface area contributed by atoms with Crippen LogP contribution >= 0.6 is 0 Å². The molecule has 0 saturated heterocycles. The van der Waals surface area contributed by atoms with Gasteiger partial charge >= 0.3 is 0 Å². The van der Waals surface area contributed by atoms with Crippen LogP contribution < -0.4 is 0 Å². The van der Waals surface area contributed by atoms with E-state index in [1.807, 2.05) is 0 Å². The van der Waals surface area contributed by atoms with Crippen molar-refractivity contribution in [2.24, 2.45) is 11.3 Å². The van der Waals surface area contributed by atoms with Crippen molar-refractivity contribution < 1.29 is 9.53 Å². The predicted octanol–water partition coefficient (Wildman–Crippen LogP) is 4.26. The van der Waals surface area contributed by atoms with Crippen LogP contribution in [0.2, 0.25) is 0 Å². The fraction of sp³-hybridized carbons (Fsp3) is 0.941. The summed E-state index contributed by atoms with van der Waals surface area (Å²) in [4.78, 5) is 12.2. The van der Waals surface area contributed by atoms with Crippen LogP contribution in [0.15, 0.2) is 0 Å². The monoisotopic (exact) mass is 264 g/mol. The summed E-state index contributed by atoms with van der Waals surface area (Å²) in [5.41, 5.74) is -0.0583. The van der Waals surface area contributed by atoms with Gasteiger partial charge in [0.25, 0.3) is 0 Å². The Bertz CT molecular complexity index is 328. The van der Waals surface area contributed by atoms with Crippen LogP contribution in [-0.2, 0) is 9.53 Å². The van der Waals surface area contributed by atoms with E-state index in [0.717, 1.165) is 18.8 Å². The number of carbonyl (C=O) groups excluding carboxylic acids is 1. The molecule has 0 amide bonds. The van der Waals surface area contributed by atoms with Gasteiger partial charge in [-0.05, 0) is 31.6 Å². The van der Waals surface area contributed by atoms with Gasteiger partial charge in [-0.3, -0.25) is 4.79 Å². The number of carbonyl (C=O) groups is 1. The molecular weight excluding hydrogens is 236 g/mol. The summed E-state index contributed by atoms with van der Waals surface area (Å²) in [5, 5.41) is 0. The lowest BCUT2D eigenvalue weighted by Gasteiger charge is -2.49. The fourth-order valence-electron chi connectivity index (χ4n) is 4.49. The molecule has 0 radical (unpaired) electrons. The summed E-state index contributed by atoms with van der Waals surface area (Å²) in [6.45, 7) is 2.34. The lowest BCUT2D eigenvalue weighted by atomic mass is 9.60. The predicted molar refractivity (Wildman–Crippen MR) is 76.1 cm³/mol. The van der Waals surface area contributed by atoms with E-state index in [4.69, 9.17) is 4.74 Å². The molecule has 3 aliphatic carbocycles. The first-order valence-electron chi connectivity index (χ1n) is 8.39. The van der Waals surface area contributed by atoms with Crippen LogP contribution in [0.1, 0.15) is 77.6 Å². The molecule has 0 bridgehead atoms. The summed E-state index contributed by atoms with van der Waals surface area (Å²) in [6.07, 6.45) is 13.7. The first-order chi connectivity index (χ1) is 9.21. The van der Waals surface area contributed by atoms with Crippen LogP contribution in [0.25, 0.3) is 0 Å². The summed E-state index contributed by atoms with van der Waals surface area (Å²) in [6, 6.07) is 0. The third kappa shape index (κ3) is 2.61. The van der Waals surface area contributed by atoms with E-state index in [9.17, 15) is 4.79 Å². The standard InChI is InChI=1S/C17H28O2/c1-13-7-6-8-14(11-13)19-16-12-15(18)17(16)9-4-2-3-5-10-17/h13-14,16H,2-12H2,1H3. The van der Waals surface area contributed by atoms with E-state index < -0.39 is 0 Å². The molecular formula is C17H28O2. The molecule has 3 atom stereocenters. The Labute approximate surface area is 117 Å². The van der Waals surface area contributed by atoms with Crippen LogP contribution in [0, 0.1) is 11.3 Å². The third-order valence-electron chi connectivity index (χ3n) is 5.78. The van der Waals surface area contributed by atoms with E-state index >= 15 is 0 Å². The Hall–Kier alpha value is -0.370. The van der Waals surface area contributed by atoms with Crippen LogP contribution in [0.3, 0.4) is 0 Å². The molecule has 19 heavy (non-hydrogen) atoms. The van der Waals surface area contributed by atoms with Crippen molar-refractivity contribution in [2.45, 2.75) is 89.8 Å². The maximum atomic E-state index is 12.2. The molecule has 0 aliphatic heterocycles. The number of ketones is 1. The van der Waals surface area contributed by atoms with E-state index in [1.165, 1.54) is 51.4 Å². The average Bonchev–Trinajstić information content (AvgIpc) is 2.66. The van der Waals surface area contributed by atoms with Gasteiger partial charge < -0.3 is 4.74 Å². The van der Waals surface area contributed by atoms with Gasteiger partial charge in [-0.25, -0.2) is 0 Å². The molecule has 3 rings (SSSR count). The minimum Gasteiger partial charge on any atom is -0.373 e. The van der Waals surface area contributed by atoms with Crippen molar-refractivity contribution in [1.82, 2.24) is 0 Å². The Kier molecular flexibility index (Phi) is 3.98. The van der Waals surface area contributed by atoms with E-state index in [-0.39, 0.29) is 11.5 Å². The highest BCUT2D eigenvalue weighted by Crippen LogP contribution is 2.50. The Balaban J connectivity index is 1.62. The molecule has 3 unspecified atom stereocenters. The second-order valence-electron chi connectivity index (χ2n) is 7.22. The normalized spacial score (nSPS) is 38.8. The fourth-order valence-corrected chi connectivity index (χ4v) is 4.49. The van der Waals surface area contributed by atoms with Gasteiger partial charge in [0.15, 0.2) is 0 Å².